The number of aromatic nitrogens is 1. The topological polar surface area (TPSA) is 64.4 Å². The van der Waals surface area contributed by atoms with E-state index in [1.807, 2.05) is 42.6 Å². The first kappa shape index (κ1) is 21.7. The van der Waals surface area contributed by atoms with Crippen LogP contribution in [0.2, 0.25) is 0 Å². The standard InChI is InChI=1S/C28H22N2O3S/c1-18(14-27(31)30-28-29-12-13-34-28)22-15-23-24(17-33-26(23)16-25(22)32-2)21-10-8-20(9-11-21)19-6-4-3-5-7-19/h3-17H,1-2H3,(H,29,30,31)/b18-14+. The van der Waals surface area contributed by atoms with E-state index < -0.39 is 0 Å². The molecule has 0 radical (unpaired) electrons. The summed E-state index contributed by atoms with van der Waals surface area (Å²) in [4.78, 5) is 16.6. The maximum atomic E-state index is 12.5. The van der Waals surface area contributed by atoms with Crippen LogP contribution in [-0.4, -0.2) is 18.0 Å². The molecule has 5 rings (SSSR count). The summed E-state index contributed by atoms with van der Waals surface area (Å²) < 4.78 is 11.5. The molecule has 0 fully saturated rings. The van der Waals surface area contributed by atoms with Crippen LogP contribution in [0.15, 0.2) is 95.1 Å². The van der Waals surface area contributed by atoms with E-state index in [-0.39, 0.29) is 5.91 Å². The normalized spacial score (nSPS) is 11.5. The van der Waals surface area contributed by atoms with Gasteiger partial charge in [-0.2, -0.15) is 0 Å². The third kappa shape index (κ3) is 4.36. The minimum absolute atomic E-state index is 0.237. The summed E-state index contributed by atoms with van der Waals surface area (Å²) in [7, 11) is 1.61. The van der Waals surface area contributed by atoms with Crippen LogP contribution < -0.4 is 10.1 Å². The Balaban J connectivity index is 1.50. The van der Waals surface area contributed by atoms with Gasteiger partial charge in [0, 0.05) is 40.2 Å². The Morgan fingerprint density at radius 3 is 2.47 bits per heavy atom. The van der Waals surface area contributed by atoms with E-state index in [0.717, 1.165) is 38.8 Å². The summed E-state index contributed by atoms with van der Waals surface area (Å²) in [5.41, 5.74) is 6.70. The second kappa shape index (κ2) is 9.37. The number of hydrogen-bond acceptors (Lipinski definition) is 5. The first-order chi connectivity index (χ1) is 16.6. The molecular weight excluding hydrogens is 444 g/mol. The average molecular weight is 467 g/mol. The van der Waals surface area contributed by atoms with Crippen molar-refractivity contribution < 1.29 is 13.9 Å². The van der Waals surface area contributed by atoms with Crippen molar-refractivity contribution in [1.29, 1.82) is 0 Å². The van der Waals surface area contributed by atoms with E-state index in [2.05, 4.69) is 46.7 Å². The number of rotatable bonds is 6. The summed E-state index contributed by atoms with van der Waals surface area (Å²) >= 11 is 1.37. The number of nitrogens with one attached hydrogen (secondary N) is 1. The minimum atomic E-state index is -0.237. The van der Waals surface area contributed by atoms with Crippen LogP contribution in [-0.2, 0) is 4.79 Å². The maximum Gasteiger partial charge on any atom is 0.250 e. The van der Waals surface area contributed by atoms with E-state index in [4.69, 9.17) is 9.15 Å². The van der Waals surface area contributed by atoms with Gasteiger partial charge in [-0.25, -0.2) is 4.98 Å². The van der Waals surface area contributed by atoms with Crippen LogP contribution in [0.4, 0.5) is 5.13 Å². The van der Waals surface area contributed by atoms with Gasteiger partial charge >= 0.3 is 0 Å². The van der Waals surface area contributed by atoms with Gasteiger partial charge in [0.05, 0.1) is 13.4 Å². The molecule has 0 aliphatic rings. The molecule has 2 heterocycles. The largest absolute Gasteiger partial charge is 0.496 e. The van der Waals surface area contributed by atoms with Gasteiger partial charge in [-0.05, 0) is 35.3 Å². The molecule has 0 spiro atoms. The zero-order valence-electron chi connectivity index (χ0n) is 18.7. The molecule has 0 saturated carbocycles. The number of hydrogen-bond donors (Lipinski definition) is 1. The zero-order valence-corrected chi connectivity index (χ0v) is 19.6. The lowest BCUT2D eigenvalue weighted by Gasteiger charge is -2.10. The molecule has 1 amide bonds. The SMILES string of the molecule is COc1cc2occ(-c3ccc(-c4ccccc4)cc3)c2cc1/C(C)=C/C(=O)Nc1nccs1. The molecule has 0 aliphatic carbocycles. The number of ether oxygens (including phenoxy) is 1. The fourth-order valence-corrected chi connectivity index (χ4v) is 4.46. The third-order valence-electron chi connectivity index (χ3n) is 5.63. The number of benzene rings is 3. The first-order valence-electron chi connectivity index (χ1n) is 10.8. The molecule has 2 aromatic heterocycles. The maximum absolute atomic E-state index is 12.5. The highest BCUT2D eigenvalue weighted by Crippen LogP contribution is 2.38. The predicted octanol–water partition coefficient (Wildman–Crippen LogP) is 7.27. The van der Waals surface area contributed by atoms with Gasteiger partial charge < -0.3 is 9.15 Å². The van der Waals surface area contributed by atoms with E-state index in [0.29, 0.717) is 10.9 Å². The number of allylic oxidation sites excluding steroid dienone is 1. The molecule has 0 bridgehead atoms. The second-order valence-corrected chi connectivity index (χ2v) is 8.69. The molecule has 1 N–H and O–H groups in total. The zero-order chi connectivity index (χ0) is 23.5. The fourth-order valence-electron chi connectivity index (χ4n) is 3.93. The molecule has 0 aliphatic heterocycles. The number of nitrogens with zero attached hydrogens (tertiary/aromatic N) is 1. The van der Waals surface area contributed by atoms with Crippen molar-refractivity contribution in [3.8, 4) is 28.0 Å². The number of fused-ring (bicyclic) bond motifs is 1. The number of methoxy groups -OCH3 is 1. The van der Waals surface area contributed by atoms with Crippen LogP contribution in [0.25, 0.3) is 38.8 Å². The van der Waals surface area contributed by atoms with Gasteiger partial charge in [0.15, 0.2) is 5.13 Å². The van der Waals surface area contributed by atoms with Crippen LogP contribution in [0.5, 0.6) is 5.75 Å². The van der Waals surface area contributed by atoms with Gasteiger partial charge in [-0.1, -0.05) is 54.6 Å². The van der Waals surface area contributed by atoms with Gasteiger partial charge in [0.2, 0.25) is 5.91 Å². The Morgan fingerprint density at radius 1 is 1.03 bits per heavy atom. The first-order valence-corrected chi connectivity index (χ1v) is 11.6. The Morgan fingerprint density at radius 2 is 1.76 bits per heavy atom. The van der Waals surface area contributed by atoms with Crippen LogP contribution >= 0.6 is 11.3 Å². The monoisotopic (exact) mass is 466 g/mol. The van der Waals surface area contributed by atoms with E-state index >= 15 is 0 Å². The van der Waals surface area contributed by atoms with Gasteiger partial charge in [-0.3, -0.25) is 10.1 Å². The molecule has 3 aromatic carbocycles. The summed E-state index contributed by atoms with van der Waals surface area (Å²) in [6, 6.07) is 22.6. The molecule has 5 nitrogen and oxygen atoms in total. The second-order valence-electron chi connectivity index (χ2n) is 7.80. The smallest absolute Gasteiger partial charge is 0.250 e. The van der Waals surface area contributed by atoms with Crippen molar-refractivity contribution in [2.75, 3.05) is 12.4 Å². The quantitative estimate of drug-likeness (QED) is 0.267. The van der Waals surface area contributed by atoms with Crippen LogP contribution in [0.3, 0.4) is 0 Å². The fraction of sp³-hybridized carbons (Fsp3) is 0.0714. The number of furan rings is 1. The molecule has 0 unspecified atom stereocenters. The predicted molar refractivity (Wildman–Crippen MR) is 138 cm³/mol. The summed E-state index contributed by atoms with van der Waals surface area (Å²) in [6.45, 7) is 1.89. The van der Waals surface area contributed by atoms with Gasteiger partial charge in [-0.15, -0.1) is 11.3 Å². The lowest BCUT2D eigenvalue weighted by Crippen LogP contribution is -2.08. The highest BCUT2D eigenvalue weighted by molar-refractivity contribution is 7.13. The van der Waals surface area contributed by atoms with E-state index in [1.54, 1.807) is 25.6 Å². The van der Waals surface area contributed by atoms with Gasteiger partial charge in [0.1, 0.15) is 11.3 Å². The number of thiazole rings is 1. The Kier molecular flexibility index (Phi) is 5.97. The van der Waals surface area contributed by atoms with E-state index in [9.17, 15) is 4.79 Å². The highest BCUT2D eigenvalue weighted by Gasteiger charge is 2.15. The van der Waals surface area contributed by atoms with Crippen molar-refractivity contribution in [2.45, 2.75) is 6.92 Å². The van der Waals surface area contributed by atoms with Crippen molar-refractivity contribution in [1.82, 2.24) is 4.98 Å². The number of amides is 1. The Bertz CT molecular complexity index is 1470. The third-order valence-corrected chi connectivity index (χ3v) is 6.32. The van der Waals surface area contributed by atoms with E-state index in [1.165, 1.54) is 16.9 Å². The minimum Gasteiger partial charge on any atom is -0.496 e. The van der Waals surface area contributed by atoms with Crippen LogP contribution in [0.1, 0.15) is 12.5 Å². The molecule has 0 saturated heterocycles. The number of anilines is 1. The highest BCUT2D eigenvalue weighted by atomic mass is 32.1. The van der Waals surface area contributed by atoms with Gasteiger partial charge in [0.25, 0.3) is 0 Å². The lowest BCUT2D eigenvalue weighted by molar-refractivity contribution is -0.111. The Labute approximate surface area is 201 Å². The summed E-state index contributed by atoms with van der Waals surface area (Å²) in [5, 5.41) is 6.11. The molecule has 6 heteroatoms. The molecule has 168 valence electrons. The van der Waals surface area contributed by atoms with Crippen molar-refractivity contribution in [2.24, 2.45) is 0 Å². The molecule has 0 atom stereocenters. The van der Waals surface area contributed by atoms with Crippen molar-refractivity contribution >= 4 is 38.9 Å². The molecular formula is C28H22N2O3S. The Hall–Kier alpha value is -4.16. The molecule has 34 heavy (non-hydrogen) atoms. The lowest BCUT2D eigenvalue weighted by atomic mass is 9.97. The van der Waals surface area contributed by atoms with Crippen LogP contribution in [0, 0.1) is 0 Å². The average Bonchev–Trinajstić information content (AvgIpc) is 3.53. The van der Waals surface area contributed by atoms with Crippen molar-refractivity contribution in [3.63, 3.8) is 0 Å². The summed E-state index contributed by atoms with van der Waals surface area (Å²) in [5.74, 6) is 0.405. The number of carbonyl (C=O) groups excluding carboxylic acids is 1. The van der Waals surface area contributed by atoms with Crippen molar-refractivity contribution in [3.05, 3.63) is 96.2 Å². The summed E-state index contributed by atoms with van der Waals surface area (Å²) in [6.07, 6.45) is 4.97. The number of carbonyl (C=O) groups is 1. The molecule has 5 aromatic rings.